The predicted octanol–water partition coefficient (Wildman–Crippen LogP) is 1.24. The van der Waals surface area contributed by atoms with Gasteiger partial charge in [0.25, 0.3) is 0 Å². The van der Waals surface area contributed by atoms with Crippen molar-refractivity contribution in [1.82, 2.24) is 0 Å². The van der Waals surface area contributed by atoms with Gasteiger partial charge in [0.05, 0.1) is 18.1 Å². The van der Waals surface area contributed by atoms with Gasteiger partial charge in [-0.2, -0.15) is 0 Å². The first-order valence-corrected chi connectivity index (χ1v) is 6.13. The van der Waals surface area contributed by atoms with Gasteiger partial charge in [0, 0.05) is 6.61 Å². The Morgan fingerprint density at radius 1 is 1.50 bits per heavy atom. The fourth-order valence-electron chi connectivity index (χ4n) is 2.52. The summed E-state index contributed by atoms with van der Waals surface area (Å²) in [6.07, 6.45) is 3.67. The minimum absolute atomic E-state index is 0.0495. The molecule has 4 heteroatoms. The van der Waals surface area contributed by atoms with Crippen LogP contribution in [0.1, 0.15) is 45.4 Å². The third-order valence-corrected chi connectivity index (χ3v) is 3.45. The highest BCUT2D eigenvalue weighted by molar-refractivity contribution is 5.77. The molecule has 0 amide bonds. The van der Waals surface area contributed by atoms with Crippen LogP contribution in [0.15, 0.2) is 0 Å². The van der Waals surface area contributed by atoms with Gasteiger partial charge in [0.2, 0.25) is 0 Å². The zero-order chi connectivity index (χ0) is 12.0. The highest BCUT2D eigenvalue weighted by atomic mass is 16.5. The van der Waals surface area contributed by atoms with Gasteiger partial charge in [-0.25, -0.2) is 0 Å². The van der Waals surface area contributed by atoms with E-state index in [1.807, 2.05) is 0 Å². The van der Waals surface area contributed by atoms with E-state index in [-0.39, 0.29) is 12.6 Å². The largest absolute Gasteiger partial charge is 0.465 e. The molecule has 0 aromatic heterocycles. The molecule has 16 heavy (non-hydrogen) atoms. The van der Waals surface area contributed by atoms with Crippen LogP contribution in [0.4, 0.5) is 0 Å². The summed E-state index contributed by atoms with van der Waals surface area (Å²) in [5, 5.41) is 18.9. The van der Waals surface area contributed by atoms with Gasteiger partial charge >= 0.3 is 5.97 Å². The average molecular weight is 230 g/mol. The van der Waals surface area contributed by atoms with Gasteiger partial charge in [-0.15, -0.1) is 0 Å². The average Bonchev–Trinajstić information content (AvgIpc) is 2.28. The highest BCUT2D eigenvalue weighted by Gasteiger charge is 2.46. The van der Waals surface area contributed by atoms with E-state index >= 15 is 0 Å². The van der Waals surface area contributed by atoms with Gasteiger partial charge < -0.3 is 14.9 Å². The first-order valence-electron chi connectivity index (χ1n) is 6.13. The number of carbonyl (C=O) groups excluding carboxylic acids is 1. The summed E-state index contributed by atoms with van der Waals surface area (Å²) in [5.74, 6) is -0.296. The van der Waals surface area contributed by atoms with Crippen molar-refractivity contribution in [1.29, 1.82) is 0 Å². The second kappa shape index (κ2) is 6.21. The van der Waals surface area contributed by atoms with Gasteiger partial charge in [-0.1, -0.05) is 12.8 Å². The number of rotatable bonds is 5. The van der Waals surface area contributed by atoms with Crippen LogP contribution in [-0.2, 0) is 9.53 Å². The fraction of sp³-hybridized carbons (Fsp3) is 0.917. The highest BCUT2D eigenvalue weighted by Crippen LogP contribution is 2.41. The van der Waals surface area contributed by atoms with E-state index < -0.39 is 11.5 Å². The predicted molar refractivity (Wildman–Crippen MR) is 59.9 cm³/mol. The molecule has 2 atom stereocenters. The number of esters is 1. The van der Waals surface area contributed by atoms with E-state index in [4.69, 9.17) is 9.84 Å². The number of aliphatic hydroxyl groups is 2. The third kappa shape index (κ3) is 2.74. The van der Waals surface area contributed by atoms with Crippen LogP contribution in [0, 0.1) is 5.41 Å². The minimum Gasteiger partial charge on any atom is -0.465 e. The molecule has 0 aromatic rings. The summed E-state index contributed by atoms with van der Waals surface area (Å²) in [5.41, 5.74) is -0.767. The molecule has 0 heterocycles. The van der Waals surface area contributed by atoms with Gasteiger partial charge in [-0.3, -0.25) is 4.79 Å². The number of ether oxygens (including phenoxy) is 1. The van der Waals surface area contributed by atoms with E-state index in [2.05, 4.69) is 0 Å². The molecule has 0 radical (unpaired) electrons. The first kappa shape index (κ1) is 13.5. The molecule has 0 bridgehead atoms. The second-order valence-electron chi connectivity index (χ2n) is 4.47. The maximum Gasteiger partial charge on any atom is 0.314 e. The summed E-state index contributed by atoms with van der Waals surface area (Å²) in [7, 11) is 0. The normalized spacial score (nSPS) is 30.1. The standard InChI is InChI=1S/C12H22O4/c1-2-16-11(15)12(8-5-9-13)7-4-3-6-10(12)14/h10,13-14H,2-9H2,1H3/t10-,12-/m0/s1. The van der Waals surface area contributed by atoms with Crippen LogP contribution in [0.2, 0.25) is 0 Å². The maximum atomic E-state index is 12.0. The Bertz CT molecular complexity index is 229. The van der Waals surface area contributed by atoms with Crippen molar-refractivity contribution in [2.45, 2.75) is 51.6 Å². The molecule has 0 aromatic carbocycles. The molecule has 1 saturated carbocycles. The lowest BCUT2D eigenvalue weighted by Crippen LogP contribution is -2.46. The molecule has 0 saturated heterocycles. The lowest BCUT2D eigenvalue weighted by atomic mass is 9.69. The van der Waals surface area contributed by atoms with E-state index in [1.165, 1.54) is 0 Å². The molecular weight excluding hydrogens is 208 g/mol. The van der Waals surface area contributed by atoms with Crippen LogP contribution >= 0.6 is 0 Å². The third-order valence-electron chi connectivity index (χ3n) is 3.45. The molecule has 1 rings (SSSR count). The molecule has 0 spiro atoms. The SMILES string of the molecule is CCOC(=O)[C@]1(CCCO)CCCC[C@@H]1O. The lowest BCUT2D eigenvalue weighted by Gasteiger charge is -2.39. The molecular formula is C12H22O4. The Hall–Kier alpha value is -0.610. The minimum atomic E-state index is -0.767. The topological polar surface area (TPSA) is 66.8 Å². The van der Waals surface area contributed by atoms with Gasteiger partial charge in [-0.05, 0) is 32.6 Å². The van der Waals surface area contributed by atoms with E-state index in [1.54, 1.807) is 6.92 Å². The van der Waals surface area contributed by atoms with E-state index in [9.17, 15) is 9.90 Å². The Morgan fingerprint density at radius 2 is 2.25 bits per heavy atom. The zero-order valence-corrected chi connectivity index (χ0v) is 9.95. The molecule has 2 N–H and O–H groups in total. The first-order chi connectivity index (χ1) is 7.67. The monoisotopic (exact) mass is 230 g/mol. The van der Waals surface area contributed by atoms with Crippen LogP contribution in [0.5, 0.6) is 0 Å². The smallest absolute Gasteiger partial charge is 0.314 e. The maximum absolute atomic E-state index is 12.0. The van der Waals surface area contributed by atoms with Crippen LogP contribution < -0.4 is 0 Å². The Kier molecular flexibility index (Phi) is 5.22. The fourth-order valence-corrected chi connectivity index (χ4v) is 2.52. The molecule has 1 aliphatic carbocycles. The zero-order valence-electron chi connectivity index (χ0n) is 9.95. The number of aliphatic hydroxyl groups excluding tert-OH is 2. The number of hydrogen-bond donors (Lipinski definition) is 2. The van der Waals surface area contributed by atoms with Crippen molar-refractivity contribution in [3.8, 4) is 0 Å². The van der Waals surface area contributed by atoms with Crippen molar-refractivity contribution in [2.24, 2.45) is 5.41 Å². The Balaban J connectivity index is 2.76. The van der Waals surface area contributed by atoms with Crippen molar-refractivity contribution in [2.75, 3.05) is 13.2 Å². The van der Waals surface area contributed by atoms with Gasteiger partial charge in [0.15, 0.2) is 0 Å². The summed E-state index contributed by atoms with van der Waals surface area (Å²) >= 11 is 0. The van der Waals surface area contributed by atoms with Crippen LogP contribution in [0.25, 0.3) is 0 Å². The van der Waals surface area contributed by atoms with E-state index in [0.717, 1.165) is 12.8 Å². The molecule has 0 aliphatic heterocycles. The van der Waals surface area contributed by atoms with Crippen molar-refractivity contribution < 1.29 is 19.7 Å². The number of hydrogen-bond acceptors (Lipinski definition) is 4. The number of carbonyl (C=O) groups is 1. The van der Waals surface area contributed by atoms with Crippen molar-refractivity contribution in [3.05, 3.63) is 0 Å². The quantitative estimate of drug-likeness (QED) is 0.697. The summed E-state index contributed by atoms with van der Waals surface area (Å²) in [6, 6.07) is 0. The van der Waals surface area contributed by atoms with Crippen LogP contribution in [-0.4, -0.2) is 35.5 Å². The van der Waals surface area contributed by atoms with Gasteiger partial charge in [0.1, 0.15) is 0 Å². The van der Waals surface area contributed by atoms with E-state index in [0.29, 0.717) is 32.3 Å². The lowest BCUT2D eigenvalue weighted by molar-refractivity contribution is -0.167. The summed E-state index contributed by atoms with van der Waals surface area (Å²) in [4.78, 5) is 12.0. The van der Waals surface area contributed by atoms with Crippen LogP contribution in [0.3, 0.4) is 0 Å². The molecule has 1 fully saturated rings. The second-order valence-corrected chi connectivity index (χ2v) is 4.47. The Labute approximate surface area is 96.6 Å². The Morgan fingerprint density at radius 3 is 2.81 bits per heavy atom. The molecule has 94 valence electrons. The summed E-state index contributed by atoms with van der Waals surface area (Å²) in [6.45, 7) is 2.16. The molecule has 1 aliphatic rings. The molecule has 0 unspecified atom stereocenters. The summed E-state index contributed by atoms with van der Waals surface area (Å²) < 4.78 is 5.07. The van der Waals surface area contributed by atoms with Crippen molar-refractivity contribution in [3.63, 3.8) is 0 Å². The molecule has 4 nitrogen and oxygen atoms in total. The van der Waals surface area contributed by atoms with Crippen molar-refractivity contribution >= 4 is 5.97 Å².